The third-order valence-electron chi connectivity index (χ3n) is 2.66. The van der Waals surface area contributed by atoms with Crippen LogP contribution in [0.5, 0.6) is 0 Å². The van der Waals surface area contributed by atoms with E-state index in [1.807, 2.05) is 6.92 Å². The molecule has 1 aromatic heterocycles. The topological polar surface area (TPSA) is 85.1 Å². The number of hydrogen-bond acceptors (Lipinski definition) is 6. The molecule has 1 aromatic carbocycles. The summed E-state index contributed by atoms with van der Waals surface area (Å²) in [5.74, 6) is 6.47. The van der Waals surface area contributed by atoms with Crippen LogP contribution in [0, 0.1) is 12.7 Å². The Labute approximate surface area is 116 Å². The third kappa shape index (κ3) is 3.40. The molecule has 0 bridgehead atoms. The zero-order chi connectivity index (χ0) is 14.5. The van der Waals surface area contributed by atoms with E-state index in [-0.39, 0.29) is 12.4 Å². The van der Waals surface area contributed by atoms with Gasteiger partial charge in [-0.25, -0.2) is 20.2 Å². The monoisotopic (exact) mass is 277 g/mol. The first-order valence-corrected chi connectivity index (χ1v) is 5.99. The van der Waals surface area contributed by atoms with Gasteiger partial charge in [-0.05, 0) is 24.6 Å². The minimum Gasteiger partial charge on any atom is -0.377 e. The van der Waals surface area contributed by atoms with E-state index in [9.17, 15) is 4.39 Å². The molecule has 0 spiro atoms. The van der Waals surface area contributed by atoms with Crippen molar-refractivity contribution in [1.29, 1.82) is 0 Å². The van der Waals surface area contributed by atoms with Gasteiger partial charge in [-0.2, -0.15) is 0 Å². The lowest BCUT2D eigenvalue weighted by Gasteiger charge is -2.11. The number of benzene rings is 1. The fourth-order valence-corrected chi connectivity index (χ4v) is 1.70. The first kappa shape index (κ1) is 14.2. The smallest absolute Gasteiger partial charge is 0.158 e. The van der Waals surface area contributed by atoms with E-state index in [4.69, 9.17) is 10.6 Å². The number of aromatic nitrogens is 2. The maximum atomic E-state index is 13.3. The second-order valence-corrected chi connectivity index (χ2v) is 4.22. The number of hydrogen-bond donors (Lipinski definition) is 3. The SMILES string of the molecule is COCc1nc(NN)cc(Nc2cc(F)ccc2C)n1. The van der Waals surface area contributed by atoms with Crippen LogP contribution in [0.4, 0.5) is 21.7 Å². The number of nitrogens with one attached hydrogen (secondary N) is 2. The summed E-state index contributed by atoms with van der Waals surface area (Å²) in [5.41, 5.74) is 3.99. The van der Waals surface area contributed by atoms with E-state index < -0.39 is 0 Å². The highest BCUT2D eigenvalue weighted by molar-refractivity contribution is 5.62. The Bertz CT molecular complexity index is 605. The molecule has 0 saturated carbocycles. The zero-order valence-corrected chi connectivity index (χ0v) is 11.3. The molecule has 4 N–H and O–H groups in total. The van der Waals surface area contributed by atoms with Crippen molar-refractivity contribution in [3.05, 3.63) is 41.5 Å². The highest BCUT2D eigenvalue weighted by Gasteiger charge is 2.06. The number of ether oxygens (including phenoxy) is 1. The molecule has 0 unspecified atom stereocenters. The van der Waals surface area contributed by atoms with E-state index in [1.54, 1.807) is 19.2 Å². The minimum atomic E-state index is -0.318. The summed E-state index contributed by atoms with van der Waals surface area (Å²) in [7, 11) is 1.55. The predicted octanol–water partition coefficient (Wildman–Crippen LogP) is 2.10. The summed E-state index contributed by atoms with van der Waals surface area (Å²) in [5, 5.41) is 3.04. The Balaban J connectivity index is 2.32. The van der Waals surface area contributed by atoms with Crippen molar-refractivity contribution in [3.63, 3.8) is 0 Å². The van der Waals surface area contributed by atoms with Crippen LogP contribution in [0.1, 0.15) is 11.4 Å². The Kier molecular flexibility index (Phi) is 4.44. The third-order valence-corrected chi connectivity index (χ3v) is 2.66. The zero-order valence-electron chi connectivity index (χ0n) is 11.3. The molecule has 7 heteroatoms. The van der Waals surface area contributed by atoms with Gasteiger partial charge in [0.1, 0.15) is 24.1 Å². The Morgan fingerprint density at radius 1 is 1.25 bits per heavy atom. The van der Waals surface area contributed by atoms with Gasteiger partial charge in [0.05, 0.1) is 0 Å². The number of hydrazine groups is 1. The molecule has 0 saturated heterocycles. The van der Waals surface area contributed by atoms with Crippen LogP contribution in [0.25, 0.3) is 0 Å². The molecule has 1 heterocycles. The lowest BCUT2D eigenvalue weighted by Crippen LogP contribution is -2.12. The van der Waals surface area contributed by atoms with Crippen LogP contribution in [-0.4, -0.2) is 17.1 Å². The second-order valence-electron chi connectivity index (χ2n) is 4.22. The van der Waals surface area contributed by atoms with Crippen LogP contribution in [0.3, 0.4) is 0 Å². The van der Waals surface area contributed by atoms with Crippen molar-refractivity contribution in [2.75, 3.05) is 17.9 Å². The second kappa shape index (κ2) is 6.27. The number of nitrogens with zero attached hydrogens (tertiary/aromatic N) is 2. The van der Waals surface area contributed by atoms with Crippen molar-refractivity contribution < 1.29 is 9.13 Å². The molecule has 0 amide bonds. The Morgan fingerprint density at radius 2 is 2.00 bits per heavy atom. The van der Waals surface area contributed by atoms with Gasteiger partial charge in [-0.15, -0.1) is 0 Å². The summed E-state index contributed by atoms with van der Waals surface area (Å²) in [6.45, 7) is 2.13. The molecular formula is C13H16FN5O. The average molecular weight is 277 g/mol. The van der Waals surface area contributed by atoms with Crippen LogP contribution in [0.15, 0.2) is 24.3 Å². The molecule has 0 aliphatic heterocycles. The van der Waals surface area contributed by atoms with Gasteiger partial charge in [-0.3, -0.25) is 0 Å². The van der Waals surface area contributed by atoms with E-state index >= 15 is 0 Å². The molecule has 6 nitrogen and oxygen atoms in total. The molecule has 0 aliphatic carbocycles. The lowest BCUT2D eigenvalue weighted by molar-refractivity contribution is 0.178. The van der Waals surface area contributed by atoms with Crippen molar-refractivity contribution in [2.45, 2.75) is 13.5 Å². The normalized spacial score (nSPS) is 10.4. The Morgan fingerprint density at radius 3 is 2.70 bits per heavy atom. The van der Waals surface area contributed by atoms with E-state index in [0.717, 1.165) is 5.56 Å². The van der Waals surface area contributed by atoms with Gasteiger partial charge in [0.25, 0.3) is 0 Å². The van der Waals surface area contributed by atoms with Crippen molar-refractivity contribution in [2.24, 2.45) is 5.84 Å². The first-order chi connectivity index (χ1) is 9.62. The van der Waals surface area contributed by atoms with Crippen molar-refractivity contribution >= 4 is 17.3 Å². The number of nitrogens with two attached hydrogens (primary N) is 1. The first-order valence-electron chi connectivity index (χ1n) is 5.99. The van der Waals surface area contributed by atoms with Gasteiger partial charge in [0.15, 0.2) is 5.82 Å². The van der Waals surface area contributed by atoms with Crippen LogP contribution >= 0.6 is 0 Å². The van der Waals surface area contributed by atoms with Gasteiger partial charge in [0.2, 0.25) is 0 Å². The van der Waals surface area contributed by atoms with Crippen LogP contribution < -0.4 is 16.6 Å². The minimum absolute atomic E-state index is 0.256. The molecule has 0 aliphatic rings. The number of rotatable bonds is 5. The number of halogens is 1. The molecule has 0 atom stereocenters. The lowest BCUT2D eigenvalue weighted by atomic mass is 10.2. The average Bonchev–Trinajstić information content (AvgIpc) is 2.43. The van der Waals surface area contributed by atoms with Crippen molar-refractivity contribution in [1.82, 2.24) is 9.97 Å². The fourth-order valence-electron chi connectivity index (χ4n) is 1.70. The highest BCUT2D eigenvalue weighted by atomic mass is 19.1. The van der Waals surface area contributed by atoms with E-state index in [0.29, 0.717) is 23.1 Å². The largest absolute Gasteiger partial charge is 0.377 e. The molecule has 106 valence electrons. The molecule has 0 radical (unpaired) electrons. The number of aryl methyl sites for hydroxylation is 1. The predicted molar refractivity (Wildman–Crippen MR) is 75.0 cm³/mol. The number of anilines is 3. The van der Waals surface area contributed by atoms with Gasteiger partial charge < -0.3 is 15.5 Å². The van der Waals surface area contributed by atoms with E-state index in [2.05, 4.69) is 20.7 Å². The molecular weight excluding hydrogens is 261 g/mol. The molecule has 0 fully saturated rings. The van der Waals surface area contributed by atoms with E-state index in [1.165, 1.54) is 12.1 Å². The molecule has 2 rings (SSSR count). The fraction of sp³-hybridized carbons (Fsp3) is 0.231. The molecule has 2 aromatic rings. The standard InChI is InChI=1S/C13H16FN5O/c1-8-3-4-9(14)5-10(8)16-11-6-12(19-15)18-13(17-11)7-20-2/h3-6H,7,15H2,1-2H3,(H2,16,17,18,19). The highest BCUT2D eigenvalue weighted by Crippen LogP contribution is 2.21. The summed E-state index contributed by atoms with van der Waals surface area (Å²) in [4.78, 5) is 8.41. The number of methoxy groups -OCH3 is 1. The maximum Gasteiger partial charge on any atom is 0.158 e. The number of nitrogen functional groups attached to an aromatic ring is 1. The van der Waals surface area contributed by atoms with Gasteiger partial charge in [-0.1, -0.05) is 6.07 Å². The summed E-state index contributed by atoms with van der Waals surface area (Å²) >= 11 is 0. The van der Waals surface area contributed by atoms with Crippen LogP contribution in [0.2, 0.25) is 0 Å². The van der Waals surface area contributed by atoms with Crippen molar-refractivity contribution in [3.8, 4) is 0 Å². The summed E-state index contributed by atoms with van der Waals surface area (Å²) < 4.78 is 18.3. The van der Waals surface area contributed by atoms with Crippen LogP contribution in [-0.2, 0) is 11.3 Å². The maximum absolute atomic E-state index is 13.3. The summed E-state index contributed by atoms with van der Waals surface area (Å²) in [6.07, 6.45) is 0. The molecule has 20 heavy (non-hydrogen) atoms. The van der Waals surface area contributed by atoms with Gasteiger partial charge >= 0.3 is 0 Å². The quantitative estimate of drug-likeness (QED) is 0.573. The Hall–Kier alpha value is -2.25. The summed E-state index contributed by atoms with van der Waals surface area (Å²) in [6, 6.07) is 6.13. The van der Waals surface area contributed by atoms with Gasteiger partial charge in [0, 0.05) is 18.9 Å².